The van der Waals surface area contributed by atoms with E-state index < -0.39 is 26.7 Å². The molecule has 196 valence electrons. The molecule has 0 heterocycles. The summed E-state index contributed by atoms with van der Waals surface area (Å²) in [5.41, 5.74) is 0.0153. The first-order valence-corrected chi connectivity index (χ1v) is 13.3. The van der Waals surface area contributed by atoms with E-state index in [0.717, 1.165) is 0 Å². The van der Waals surface area contributed by atoms with Gasteiger partial charge in [0.15, 0.2) is 5.75 Å². The number of nitrogens with one attached hydrogen (secondary N) is 1. The minimum Gasteiger partial charge on any atom is -0.870 e. The van der Waals surface area contributed by atoms with Crippen molar-refractivity contribution in [3.05, 3.63) is 81.8 Å². The van der Waals surface area contributed by atoms with Crippen molar-refractivity contribution in [3.8, 4) is 11.5 Å². The first-order valence-electron chi connectivity index (χ1n) is 11.1. The number of amides is 1. The fraction of sp³-hybridized carbons (Fsp3) is 0.115. The van der Waals surface area contributed by atoms with E-state index in [2.05, 4.69) is 15.5 Å². The van der Waals surface area contributed by atoms with E-state index in [4.69, 9.17) is 27.9 Å². The van der Waals surface area contributed by atoms with Crippen molar-refractivity contribution in [1.82, 2.24) is 0 Å². The number of rotatable bonds is 7. The molecule has 0 aliphatic rings. The van der Waals surface area contributed by atoms with Gasteiger partial charge in [0, 0.05) is 16.0 Å². The normalized spacial score (nSPS) is 11.4. The summed E-state index contributed by atoms with van der Waals surface area (Å²) in [6, 6.07) is 15.3. The minimum absolute atomic E-state index is 0. The number of benzene rings is 4. The Morgan fingerprint density at radius 1 is 1.05 bits per heavy atom. The van der Waals surface area contributed by atoms with E-state index in [1.807, 2.05) is 0 Å². The van der Waals surface area contributed by atoms with Crippen LogP contribution in [0.3, 0.4) is 0 Å². The molecule has 0 saturated carbocycles. The van der Waals surface area contributed by atoms with Gasteiger partial charge in [-0.1, -0.05) is 66.2 Å². The molecular weight excluding hydrogens is 576 g/mol. The van der Waals surface area contributed by atoms with Gasteiger partial charge in [-0.05, 0) is 47.7 Å². The second kappa shape index (κ2) is 12.6. The summed E-state index contributed by atoms with van der Waals surface area (Å²) in [5.74, 6) is -1.27. The van der Waals surface area contributed by atoms with E-state index in [-0.39, 0.29) is 68.0 Å². The molecule has 4 rings (SSSR count). The zero-order chi connectivity index (χ0) is 27.6. The number of carbonyl (C=O) groups is 1. The summed E-state index contributed by atoms with van der Waals surface area (Å²) < 4.78 is 39.0. The van der Waals surface area contributed by atoms with E-state index in [9.17, 15) is 22.9 Å². The van der Waals surface area contributed by atoms with Crippen molar-refractivity contribution in [3.63, 3.8) is 0 Å². The maximum absolute atomic E-state index is 13.4. The van der Waals surface area contributed by atoms with Crippen LogP contribution in [0.1, 0.15) is 22.8 Å². The summed E-state index contributed by atoms with van der Waals surface area (Å²) >= 11 is 12.4. The van der Waals surface area contributed by atoms with Crippen LogP contribution in [0.2, 0.25) is 10.0 Å². The van der Waals surface area contributed by atoms with Gasteiger partial charge in [-0.2, -0.15) is 13.5 Å². The van der Waals surface area contributed by atoms with Crippen molar-refractivity contribution in [2.45, 2.75) is 18.2 Å². The molecule has 0 bridgehead atoms. The van der Waals surface area contributed by atoms with Gasteiger partial charge < -0.3 is 15.2 Å². The summed E-state index contributed by atoms with van der Waals surface area (Å²) in [6.45, 7) is 1.77. The number of ether oxygens (including phenoxy) is 1. The Hall–Kier alpha value is -2.70. The molecule has 0 saturated heterocycles. The monoisotopic (exact) mass is 595 g/mol. The van der Waals surface area contributed by atoms with Crippen LogP contribution in [-0.2, 0) is 16.5 Å². The van der Waals surface area contributed by atoms with Crippen LogP contribution < -0.4 is 44.7 Å². The van der Waals surface area contributed by atoms with Crippen molar-refractivity contribution in [1.29, 1.82) is 0 Å². The Morgan fingerprint density at radius 3 is 2.44 bits per heavy atom. The number of aryl methyl sites for hydroxylation is 1. The molecule has 2 N–H and O–H groups in total. The molecule has 0 fully saturated rings. The van der Waals surface area contributed by atoms with Crippen molar-refractivity contribution < 1.29 is 57.2 Å². The van der Waals surface area contributed by atoms with Crippen molar-refractivity contribution >= 4 is 67.1 Å². The quantitative estimate of drug-likeness (QED) is 0.189. The average Bonchev–Trinajstić information content (AvgIpc) is 2.87. The molecule has 4 aromatic carbocycles. The van der Waals surface area contributed by atoms with Gasteiger partial charge in [-0.15, -0.1) is 5.11 Å². The molecule has 9 nitrogen and oxygen atoms in total. The molecule has 0 aromatic heterocycles. The zero-order valence-electron chi connectivity index (χ0n) is 21.0. The van der Waals surface area contributed by atoms with Gasteiger partial charge in [0.05, 0.1) is 23.5 Å². The van der Waals surface area contributed by atoms with Crippen LogP contribution >= 0.6 is 23.2 Å². The second-order valence-corrected chi connectivity index (χ2v) is 10.2. The topological polar surface area (TPSA) is 140 Å². The number of carbonyl (C=O) groups excluding carboxylic acids is 1. The van der Waals surface area contributed by atoms with Gasteiger partial charge in [0.1, 0.15) is 10.6 Å². The third-order valence-corrected chi connectivity index (χ3v) is 7.22. The number of anilines is 1. The van der Waals surface area contributed by atoms with Crippen molar-refractivity contribution in [2.24, 2.45) is 10.2 Å². The van der Waals surface area contributed by atoms with E-state index >= 15 is 0 Å². The van der Waals surface area contributed by atoms with Crippen LogP contribution in [0.5, 0.6) is 11.5 Å². The third-order valence-electron chi connectivity index (χ3n) is 5.68. The molecule has 39 heavy (non-hydrogen) atoms. The van der Waals surface area contributed by atoms with E-state index in [1.54, 1.807) is 49.4 Å². The Bertz CT molecular complexity index is 1710. The predicted molar refractivity (Wildman–Crippen MR) is 144 cm³/mol. The number of hydrogen-bond acceptors (Lipinski definition) is 7. The van der Waals surface area contributed by atoms with Crippen LogP contribution in [-0.4, -0.2) is 26.0 Å². The first-order chi connectivity index (χ1) is 18.0. The number of methoxy groups -OCH3 is 1. The molecule has 0 unspecified atom stereocenters. The van der Waals surface area contributed by atoms with Gasteiger partial charge in [-0.25, -0.2) is 0 Å². The number of fused-ring (bicyclic) bond motifs is 1. The first kappa shape index (κ1) is 30.8. The number of nitrogens with zero attached hydrogens (tertiary/aromatic N) is 2. The van der Waals surface area contributed by atoms with Crippen LogP contribution in [0.15, 0.2) is 75.8 Å². The van der Waals surface area contributed by atoms with Crippen LogP contribution in [0.4, 0.5) is 17.1 Å². The van der Waals surface area contributed by atoms with Crippen LogP contribution in [0.25, 0.3) is 10.8 Å². The maximum Gasteiger partial charge on any atom is 1.00 e. The molecule has 4 aromatic rings. The Morgan fingerprint density at radius 2 is 1.77 bits per heavy atom. The van der Waals surface area contributed by atoms with Gasteiger partial charge >= 0.3 is 29.6 Å². The van der Waals surface area contributed by atoms with E-state index in [1.165, 1.54) is 25.3 Å². The molecule has 0 aliphatic heterocycles. The summed E-state index contributed by atoms with van der Waals surface area (Å²) in [7, 11) is -3.29. The molecule has 0 atom stereocenters. The second-order valence-electron chi connectivity index (χ2n) is 8.04. The standard InChI is InChI=1S/C26H21Cl2N3O6S.Na/c1-3-14-12-22(38(34,35)36)21(13-19(14)28)30-31-23-16-8-5-4-7-15(16)11-17(24(23)32)26(33)29-20-10-6-9-18(27)25(20)37-2;/h4-13,32H,3H2,1-2H3,(H,29,33)(H,34,35,36);/q;+1/p-1. The maximum atomic E-state index is 13.4. The molecule has 0 aliphatic carbocycles. The van der Waals surface area contributed by atoms with Gasteiger partial charge in [-0.3, -0.25) is 9.35 Å². The minimum atomic E-state index is -4.68. The summed E-state index contributed by atoms with van der Waals surface area (Å²) in [5, 5.41) is 25.4. The smallest absolute Gasteiger partial charge is 0.870 e. The Kier molecular flexibility index (Phi) is 10.0. The van der Waals surface area contributed by atoms with Gasteiger partial charge in [0.2, 0.25) is 0 Å². The molecule has 0 radical (unpaired) electrons. The number of hydrogen-bond donors (Lipinski definition) is 2. The number of halogens is 2. The molecule has 13 heteroatoms. The molecular formula is C26H20Cl2N3NaO6S. The summed E-state index contributed by atoms with van der Waals surface area (Å²) in [4.78, 5) is 12.7. The zero-order valence-corrected chi connectivity index (χ0v) is 25.4. The number of para-hydroxylation sites is 1. The predicted octanol–water partition coefficient (Wildman–Crippen LogP) is 3.71. The van der Waals surface area contributed by atoms with Crippen molar-refractivity contribution in [2.75, 3.05) is 12.4 Å². The SMILES string of the molecule is CCc1cc(S(=O)(=O)O)c(N=Nc2c([O-])c(C(=O)Nc3cccc(Cl)c3OC)cc3ccccc23)cc1Cl.[Na+]. The fourth-order valence-corrected chi connectivity index (χ4v) is 5.02. The molecule has 1 amide bonds. The Balaban J connectivity index is 0.00000420. The summed E-state index contributed by atoms with van der Waals surface area (Å²) in [6.07, 6.45) is 0.405. The largest absolute Gasteiger partial charge is 1.00 e. The number of azo groups is 1. The average molecular weight is 596 g/mol. The van der Waals surface area contributed by atoms with Gasteiger partial charge in [0.25, 0.3) is 16.0 Å². The van der Waals surface area contributed by atoms with Crippen LogP contribution in [0, 0.1) is 0 Å². The van der Waals surface area contributed by atoms with E-state index in [0.29, 0.717) is 22.8 Å². The molecule has 0 spiro atoms. The third kappa shape index (κ3) is 6.55. The fourth-order valence-electron chi connectivity index (χ4n) is 3.83. The Labute approximate surface area is 256 Å².